The second-order valence-corrected chi connectivity index (χ2v) is 6.51. The molecule has 2 heterocycles. The molecule has 0 aliphatic carbocycles. The largest absolute Gasteiger partial charge is 0.497 e. The van der Waals surface area contributed by atoms with Crippen molar-refractivity contribution in [2.45, 2.75) is 13.1 Å². The predicted molar refractivity (Wildman–Crippen MR) is 108 cm³/mol. The highest BCUT2D eigenvalue weighted by Crippen LogP contribution is 2.42. The Labute approximate surface area is 163 Å². The van der Waals surface area contributed by atoms with Crippen LogP contribution in [0.3, 0.4) is 0 Å². The van der Waals surface area contributed by atoms with Gasteiger partial charge in [0.25, 0.3) is 5.91 Å². The fourth-order valence-electron chi connectivity index (χ4n) is 3.43. The summed E-state index contributed by atoms with van der Waals surface area (Å²) in [5.41, 5.74) is 3.89. The van der Waals surface area contributed by atoms with Gasteiger partial charge in [0.15, 0.2) is 6.17 Å². The zero-order valence-corrected chi connectivity index (χ0v) is 16.0. The van der Waals surface area contributed by atoms with Crippen LogP contribution < -0.4 is 19.7 Å². The Morgan fingerprint density at radius 2 is 1.86 bits per heavy atom. The molecule has 6 nitrogen and oxygen atoms in total. The van der Waals surface area contributed by atoms with Gasteiger partial charge in [0, 0.05) is 18.0 Å². The van der Waals surface area contributed by atoms with E-state index in [1.165, 1.54) is 0 Å². The third-order valence-electron chi connectivity index (χ3n) is 4.89. The maximum absolute atomic E-state index is 13.3. The van der Waals surface area contributed by atoms with Gasteiger partial charge in [-0.3, -0.25) is 14.7 Å². The minimum absolute atomic E-state index is 0.138. The van der Waals surface area contributed by atoms with Gasteiger partial charge in [0.1, 0.15) is 11.5 Å². The van der Waals surface area contributed by atoms with Crippen LogP contribution in [0.25, 0.3) is 0 Å². The van der Waals surface area contributed by atoms with Gasteiger partial charge >= 0.3 is 0 Å². The first-order valence-corrected chi connectivity index (χ1v) is 8.96. The van der Waals surface area contributed by atoms with Gasteiger partial charge < -0.3 is 14.8 Å². The normalized spacial score (nSPS) is 15.3. The van der Waals surface area contributed by atoms with Crippen LogP contribution in [-0.2, 0) is 0 Å². The number of benzene rings is 2. The van der Waals surface area contributed by atoms with Crippen LogP contribution in [0.1, 0.15) is 27.8 Å². The Balaban J connectivity index is 1.86. The fourth-order valence-corrected chi connectivity index (χ4v) is 3.43. The van der Waals surface area contributed by atoms with E-state index in [4.69, 9.17) is 9.47 Å². The van der Waals surface area contributed by atoms with Gasteiger partial charge in [0.05, 0.1) is 31.2 Å². The van der Waals surface area contributed by atoms with Crippen molar-refractivity contribution in [3.63, 3.8) is 0 Å². The highest BCUT2D eigenvalue weighted by atomic mass is 16.5. The van der Waals surface area contributed by atoms with Crippen molar-refractivity contribution in [2.75, 3.05) is 24.4 Å². The molecule has 1 amide bonds. The molecule has 0 bridgehead atoms. The zero-order chi connectivity index (χ0) is 19.7. The maximum Gasteiger partial charge on any atom is 0.262 e. The van der Waals surface area contributed by atoms with E-state index in [0.29, 0.717) is 28.4 Å². The van der Waals surface area contributed by atoms with Gasteiger partial charge in [0.2, 0.25) is 0 Å². The van der Waals surface area contributed by atoms with Gasteiger partial charge in [-0.05, 0) is 42.8 Å². The van der Waals surface area contributed by atoms with Gasteiger partial charge in [-0.25, -0.2) is 0 Å². The summed E-state index contributed by atoms with van der Waals surface area (Å²) in [6, 6.07) is 16.9. The summed E-state index contributed by atoms with van der Waals surface area (Å²) in [6.07, 6.45) is 1.23. The Bertz CT molecular complexity index is 1040. The quantitative estimate of drug-likeness (QED) is 0.725. The smallest absolute Gasteiger partial charge is 0.262 e. The lowest BCUT2D eigenvalue weighted by molar-refractivity contribution is 0.0992. The first-order valence-electron chi connectivity index (χ1n) is 8.96. The summed E-state index contributed by atoms with van der Waals surface area (Å²) in [7, 11) is 3.18. The molecule has 0 fully saturated rings. The number of methoxy groups -OCH3 is 2. The summed E-state index contributed by atoms with van der Waals surface area (Å²) >= 11 is 0. The second-order valence-electron chi connectivity index (χ2n) is 6.51. The number of hydrogen-bond acceptors (Lipinski definition) is 5. The molecule has 1 aliphatic heterocycles. The Kier molecular flexibility index (Phi) is 4.61. The van der Waals surface area contributed by atoms with Gasteiger partial charge in [-0.1, -0.05) is 18.2 Å². The molecule has 1 aliphatic rings. The number of carbonyl (C=O) groups excluding carboxylic acids is 1. The molecule has 4 rings (SSSR count). The Morgan fingerprint density at radius 3 is 2.61 bits per heavy atom. The molecule has 0 radical (unpaired) electrons. The second kappa shape index (κ2) is 7.23. The number of aryl methyl sites for hydroxylation is 1. The van der Waals surface area contributed by atoms with E-state index < -0.39 is 6.17 Å². The van der Waals surface area contributed by atoms with E-state index in [0.717, 1.165) is 11.3 Å². The molecular weight excluding hydrogens is 354 g/mol. The molecule has 28 heavy (non-hydrogen) atoms. The first-order chi connectivity index (χ1) is 13.6. The predicted octanol–water partition coefficient (Wildman–Crippen LogP) is 4.18. The standard InChI is InChI=1S/C22H21N3O3/c1-14-7-4-5-9-17(14)24-21-20-16(8-6-12-23-20)22(26)25(21)18-13-15(27-2)10-11-19(18)28-3/h4-13,21,24H,1-3H3/t21-/m0/s1. The number of ether oxygens (including phenoxy) is 2. The molecule has 0 unspecified atom stereocenters. The van der Waals surface area contributed by atoms with Crippen molar-refractivity contribution in [1.82, 2.24) is 4.98 Å². The molecule has 1 aromatic heterocycles. The Morgan fingerprint density at radius 1 is 1.04 bits per heavy atom. The average molecular weight is 375 g/mol. The van der Waals surface area contributed by atoms with Gasteiger partial charge in [-0.15, -0.1) is 0 Å². The molecule has 3 aromatic rings. The lowest BCUT2D eigenvalue weighted by Crippen LogP contribution is -2.33. The maximum atomic E-state index is 13.3. The van der Waals surface area contributed by atoms with E-state index in [9.17, 15) is 4.79 Å². The summed E-state index contributed by atoms with van der Waals surface area (Å²) in [5.74, 6) is 1.08. The summed E-state index contributed by atoms with van der Waals surface area (Å²) in [4.78, 5) is 19.5. The van der Waals surface area contributed by atoms with E-state index in [2.05, 4.69) is 10.3 Å². The molecule has 1 atom stereocenters. The minimum atomic E-state index is -0.467. The number of pyridine rings is 1. The summed E-state index contributed by atoms with van der Waals surface area (Å²) in [6.45, 7) is 2.02. The number of nitrogens with one attached hydrogen (secondary N) is 1. The number of rotatable bonds is 5. The van der Waals surface area contributed by atoms with Crippen LogP contribution in [-0.4, -0.2) is 25.1 Å². The third-order valence-corrected chi connectivity index (χ3v) is 4.89. The molecule has 0 spiro atoms. The number of amides is 1. The van der Waals surface area contributed by atoms with Crippen molar-refractivity contribution in [1.29, 1.82) is 0 Å². The molecular formula is C22H21N3O3. The van der Waals surface area contributed by atoms with E-state index in [1.54, 1.807) is 55.6 Å². The number of carbonyl (C=O) groups is 1. The number of nitrogens with zero attached hydrogens (tertiary/aromatic N) is 2. The summed E-state index contributed by atoms with van der Waals surface area (Å²) in [5, 5.41) is 3.48. The molecule has 142 valence electrons. The van der Waals surface area contributed by atoms with Gasteiger partial charge in [-0.2, -0.15) is 0 Å². The number of para-hydroxylation sites is 1. The van der Waals surface area contributed by atoms with Crippen molar-refractivity contribution in [3.05, 3.63) is 77.6 Å². The van der Waals surface area contributed by atoms with Crippen molar-refractivity contribution >= 4 is 17.3 Å². The number of anilines is 2. The topological polar surface area (TPSA) is 63.7 Å². The van der Waals surface area contributed by atoms with E-state index >= 15 is 0 Å². The number of fused-ring (bicyclic) bond motifs is 1. The lowest BCUT2D eigenvalue weighted by atomic mass is 10.1. The Hall–Kier alpha value is -3.54. The third kappa shape index (κ3) is 2.93. The average Bonchev–Trinajstić information content (AvgIpc) is 3.01. The molecule has 0 saturated heterocycles. The fraction of sp³-hybridized carbons (Fsp3) is 0.182. The number of aromatic nitrogens is 1. The highest BCUT2D eigenvalue weighted by molar-refractivity contribution is 6.11. The monoisotopic (exact) mass is 375 g/mol. The van der Waals surface area contributed by atoms with Crippen molar-refractivity contribution in [2.24, 2.45) is 0 Å². The van der Waals surface area contributed by atoms with Crippen LogP contribution >= 0.6 is 0 Å². The summed E-state index contributed by atoms with van der Waals surface area (Å²) < 4.78 is 10.9. The molecule has 6 heteroatoms. The minimum Gasteiger partial charge on any atom is -0.497 e. The van der Waals surface area contributed by atoms with Crippen LogP contribution in [0.2, 0.25) is 0 Å². The molecule has 0 saturated carbocycles. The lowest BCUT2D eigenvalue weighted by Gasteiger charge is -2.28. The highest BCUT2D eigenvalue weighted by Gasteiger charge is 2.40. The van der Waals surface area contributed by atoms with Crippen LogP contribution in [0.5, 0.6) is 11.5 Å². The van der Waals surface area contributed by atoms with Crippen LogP contribution in [0, 0.1) is 6.92 Å². The van der Waals surface area contributed by atoms with Crippen molar-refractivity contribution in [3.8, 4) is 11.5 Å². The molecule has 1 N–H and O–H groups in total. The SMILES string of the molecule is COc1ccc(OC)c(N2C(=O)c3cccnc3[C@H]2Nc2ccccc2C)c1. The van der Waals surface area contributed by atoms with E-state index in [-0.39, 0.29) is 5.91 Å². The molecule has 2 aromatic carbocycles. The van der Waals surface area contributed by atoms with Crippen LogP contribution in [0.4, 0.5) is 11.4 Å². The number of hydrogen-bond donors (Lipinski definition) is 1. The van der Waals surface area contributed by atoms with E-state index in [1.807, 2.05) is 31.2 Å². The zero-order valence-electron chi connectivity index (χ0n) is 16.0. The first kappa shape index (κ1) is 17.9. The van der Waals surface area contributed by atoms with Crippen molar-refractivity contribution < 1.29 is 14.3 Å². The van der Waals surface area contributed by atoms with Crippen LogP contribution in [0.15, 0.2) is 60.8 Å².